The van der Waals surface area contributed by atoms with Crippen molar-refractivity contribution < 1.29 is 9.50 Å². The van der Waals surface area contributed by atoms with Gasteiger partial charge in [0.15, 0.2) is 0 Å². The van der Waals surface area contributed by atoms with Gasteiger partial charge in [-0.1, -0.05) is 0 Å². The predicted octanol–water partition coefficient (Wildman–Crippen LogP) is 3.59. The molecule has 0 heterocycles. The van der Waals surface area contributed by atoms with Crippen molar-refractivity contribution >= 4 is 0 Å². The number of phenolic OH excluding ortho intramolecular Hbond substituents is 1. The Bertz CT molecular complexity index is 472. The fourth-order valence-corrected chi connectivity index (χ4v) is 5.35. The van der Waals surface area contributed by atoms with Gasteiger partial charge in [-0.15, -0.1) is 0 Å². The zero-order valence-electron chi connectivity index (χ0n) is 11.7. The van der Waals surface area contributed by atoms with Crippen molar-refractivity contribution in [1.29, 1.82) is 0 Å². The molecule has 3 heteroatoms. The molecule has 4 bridgehead atoms. The highest BCUT2D eigenvalue weighted by Crippen LogP contribution is 2.55. The molecule has 4 aliphatic rings. The highest BCUT2D eigenvalue weighted by atomic mass is 19.1. The van der Waals surface area contributed by atoms with Gasteiger partial charge >= 0.3 is 0 Å². The minimum atomic E-state index is -0.354. The number of aromatic hydroxyl groups is 1. The van der Waals surface area contributed by atoms with Gasteiger partial charge in [-0.25, -0.2) is 4.39 Å². The van der Waals surface area contributed by atoms with E-state index in [1.54, 1.807) is 6.07 Å². The predicted molar refractivity (Wildman–Crippen MR) is 75.8 cm³/mol. The Morgan fingerprint density at radius 1 is 1.05 bits per heavy atom. The molecule has 0 unspecified atom stereocenters. The van der Waals surface area contributed by atoms with Crippen LogP contribution in [-0.4, -0.2) is 10.6 Å². The lowest BCUT2D eigenvalue weighted by molar-refractivity contribution is -0.0206. The second-order valence-corrected chi connectivity index (χ2v) is 7.37. The Labute approximate surface area is 119 Å². The third kappa shape index (κ3) is 2.22. The maximum atomic E-state index is 13.3. The number of phenols is 1. The van der Waals surface area contributed by atoms with Gasteiger partial charge < -0.3 is 10.4 Å². The zero-order valence-corrected chi connectivity index (χ0v) is 11.7. The SMILES string of the molecule is Oc1cc(F)cc(CNC23CC4CC(CC(C4)C2)C3)c1. The quantitative estimate of drug-likeness (QED) is 0.883. The molecule has 2 nitrogen and oxygen atoms in total. The molecule has 4 saturated carbocycles. The van der Waals surface area contributed by atoms with Crippen molar-refractivity contribution in [3.05, 3.63) is 29.6 Å². The number of halogens is 1. The Balaban J connectivity index is 1.49. The lowest BCUT2D eigenvalue weighted by Crippen LogP contribution is -2.58. The van der Waals surface area contributed by atoms with Gasteiger partial charge in [0.25, 0.3) is 0 Å². The molecule has 0 atom stereocenters. The summed E-state index contributed by atoms with van der Waals surface area (Å²) in [5.74, 6) is 2.40. The maximum Gasteiger partial charge on any atom is 0.127 e. The number of hydrogen-bond donors (Lipinski definition) is 2. The van der Waals surface area contributed by atoms with Crippen LogP contribution in [0.4, 0.5) is 4.39 Å². The van der Waals surface area contributed by atoms with Crippen LogP contribution in [0.3, 0.4) is 0 Å². The van der Waals surface area contributed by atoms with Crippen molar-refractivity contribution in [2.24, 2.45) is 17.8 Å². The van der Waals surface area contributed by atoms with E-state index in [1.165, 1.54) is 44.6 Å². The minimum Gasteiger partial charge on any atom is -0.508 e. The fraction of sp³-hybridized carbons (Fsp3) is 0.647. The van der Waals surface area contributed by atoms with E-state index in [-0.39, 0.29) is 17.1 Å². The van der Waals surface area contributed by atoms with E-state index in [1.807, 2.05) is 0 Å². The Morgan fingerprint density at radius 2 is 1.65 bits per heavy atom. The second kappa shape index (κ2) is 4.45. The molecule has 20 heavy (non-hydrogen) atoms. The highest BCUT2D eigenvalue weighted by molar-refractivity contribution is 5.28. The summed E-state index contributed by atoms with van der Waals surface area (Å²) in [5, 5.41) is 13.2. The van der Waals surface area contributed by atoms with Crippen LogP contribution in [0, 0.1) is 23.6 Å². The van der Waals surface area contributed by atoms with E-state index in [9.17, 15) is 9.50 Å². The summed E-state index contributed by atoms with van der Waals surface area (Å²) < 4.78 is 13.3. The first-order chi connectivity index (χ1) is 9.60. The summed E-state index contributed by atoms with van der Waals surface area (Å²) in [5.41, 5.74) is 1.13. The summed E-state index contributed by atoms with van der Waals surface area (Å²) in [6.07, 6.45) is 8.17. The van der Waals surface area contributed by atoms with E-state index in [2.05, 4.69) is 5.32 Å². The first-order valence-electron chi connectivity index (χ1n) is 7.84. The van der Waals surface area contributed by atoms with Crippen molar-refractivity contribution in [1.82, 2.24) is 5.32 Å². The number of nitrogens with one attached hydrogen (secondary N) is 1. The Morgan fingerprint density at radius 3 is 2.20 bits per heavy atom. The summed E-state index contributed by atoms with van der Waals surface area (Å²) in [7, 11) is 0. The smallest absolute Gasteiger partial charge is 0.127 e. The largest absolute Gasteiger partial charge is 0.508 e. The van der Waals surface area contributed by atoms with Crippen molar-refractivity contribution in [3.63, 3.8) is 0 Å². The average Bonchev–Trinajstić information content (AvgIpc) is 2.34. The van der Waals surface area contributed by atoms with E-state index >= 15 is 0 Å². The van der Waals surface area contributed by atoms with Gasteiger partial charge in [-0.3, -0.25) is 0 Å². The van der Waals surface area contributed by atoms with Crippen LogP contribution in [0.1, 0.15) is 44.1 Å². The van der Waals surface area contributed by atoms with E-state index in [0.29, 0.717) is 6.54 Å². The summed E-state index contributed by atoms with van der Waals surface area (Å²) >= 11 is 0. The number of benzene rings is 1. The molecule has 0 radical (unpaired) electrons. The molecule has 0 saturated heterocycles. The van der Waals surface area contributed by atoms with Crippen LogP contribution in [0.15, 0.2) is 18.2 Å². The molecule has 0 aliphatic heterocycles. The molecular formula is C17H22FNO. The van der Waals surface area contributed by atoms with Crippen LogP contribution in [0.2, 0.25) is 0 Å². The lowest BCUT2D eigenvalue weighted by Gasteiger charge is -2.57. The van der Waals surface area contributed by atoms with Crippen LogP contribution in [0.25, 0.3) is 0 Å². The van der Waals surface area contributed by atoms with E-state index in [0.717, 1.165) is 29.4 Å². The van der Waals surface area contributed by atoms with Gasteiger partial charge in [-0.2, -0.15) is 0 Å². The van der Waals surface area contributed by atoms with Crippen molar-refractivity contribution in [3.8, 4) is 5.75 Å². The maximum absolute atomic E-state index is 13.3. The van der Waals surface area contributed by atoms with Crippen LogP contribution in [0.5, 0.6) is 5.75 Å². The van der Waals surface area contributed by atoms with Crippen LogP contribution >= 0.6 is 0 Å². The number of hydrogen-bond acceptors (Lipinski definition) is 2. The number of rotatable bonds is 3. The summed E-state index contributed by atoms with van der Waals surface area (Å²) in [4.78, 5) is 0. The molecule has 108 valence electrons. The van der Waals surface area contributed by atoms with Gasteiger partial charge in [0.1, 0.15) is 11.6 Å². The molecule has 0 aromatic heterocycles. The topological polar surface area (TPSA) is 32.3 Å². The molecule has 1 aromatic carbocycles. The molecule has 5 rings (SSSR count). The summed E-state index contributed by atoms with van der Waals surface area (Å²) in [6.45, 7) is 0.664. The van der Waals surface area contributed by atoms with E-state index < -0.39 is 0 Å². The van der Waals surface area contributed by atoms with Gasteiger partial charge in [0.2, 0.25) is 0 Å². The first kappa shape index (κ1) is 12.6. The fourth-order valence-electron chi connectivity index (χ4n) is 5.35. The van der Waals surface area contributed by atoms with E-state index in [4.69, 9.17) is 0 Å². The summed E-state index contributed by atoms with van der Waals surface area (Å²) in [6, 6.07) is 4.35. The third-order valence-corrected chi connectivity index (χ3v) is 5.65. The highest BCUT2D eigenvalue weighted by Gasteiger charge is 2.50. The zero-order chi connectivity index (χ0) is 13.7. The molecule has 2 N–H and O–H groups in total. The third-order valence-electron chi connectivity index (χ3n) is 5.65. The molecule has 4 aliphatic carbocycles. The molecule has 1 aromatic rings. The standard InChI is InChI=1S/C17H22FNO/c18-15-4-14(5-16(20)6-15)10-19-17-7-11-1-12(8-17)3-13(2-11)9-17/h4-6,11-13,19-20H,1-3,7-10H2. The monoisotopic (exact) mass is 275 g/mol. The first-order valence-corrected chi connectivity index (χ1v) is 7.84. The van der Waals surface area contributed by atoms with Gasteiger partial charge in [0.05, 0.1) is 0 Å². The van der Waals surface area contributed by atoms with Gasteiger partial charge in [-0.05, 0) is 74.0 Å². The Hall–Kier alpha value is -1.09. The molecule has 4 fully saturated rings. The minimum absolute atomic E-state index is 0.0207. The lowest BCUT2D eigenvalue weighted by atomic mass is 9.53. The average molecular weight is 275 g/mol. The van der Waals surface area contributed by atoms with Crippen molar-refractivity contribution in [2.45, 2.75) is 50.6 Å². The van der Waals surface area contributed by atoms with Crippen LogP contribution < -0.4 is 5.32 Å². The van der Waals surface area contributed by atoms with Gasteiger partial charge in [0, 0.05) is 18.2 Å². The molecule has 0 spiro atoms. The van der Waals surface area contributed by atoms with Crippen LogP contribution in [-0.2, 0) is 6.54 Å². The molecular weight excluding hydrogens is 253 g/mol. The second-order valence-electron chi connectivity index (χ2n) is 7.37. The van der Waals surface area contributed by atoms with Crippen molar-refractivity contribution in [2.75, 3.05) is 0 Å². The Kier molecular flexibility index (Phi) is 2.81. The molecule has 0 amide bonds. The normalized spacial score (nSPS) is 38.4.